The van der Waals surface area contributed by atoms with Crippen molar-refractivity contribution in [3.63, 3.8) is 0 Å². The van der Waals surface area contributed by atoms with E-state index in [-0.39, 0.29) is 11.8 Å². The van der Waals surface area contributed by atoms with E-state index in [1.807, 2.05) is 6.07 Å². The first-order valence-electron chi connectivity index (χ1n) is 16.3. The molecule has 0 unspecified atom stereocenters. The maximum atomic E-state index is 6.78. The number of hydrogen-bond donors (Lipinski definition) is 0. The van der Waals surface area contributed by atoms with Crippen molar-refractivity contribution in [2.45, 2.75) is 39.5 Å². The predicted octanol–water partition coefficient (Wildman–Crippen LogP) is 11.8. The Morgan fingerprint density at radius 3 is 2.19 bits per heavy atom. The molecule has 228 valence electrons. The van der Waals surface area contributed by atoms with Crippen molar-refractivity contribution in [3.8, 4) is 28.2 Å². The van der Waals surface area contributed by atoms with E-state index in [0.717, 1.165) is 66.2 Å². The number of furan rings is 1. The molecule has 3 heterocycles. The van der Waals surface area contributed by atoms with Crippen molar-refractivity contribution in [2.75, 3.05) is 0 Å². The standard InChI is InChI=1S/C42H33N3O2/c1-24(2)31-20-28(26-11-6-5-7-12-26)21-32(25(3)4)40(31)45-36-16-9-8-15-35(36)44-42(45)30-14-10-13-29-34-19-27-17-18-37-39(43-23-46-37)33(27)22-38(34)47-41(29)30/h5-25H,1-4H3. The van der Waals surface area contributed by atoms with E-state index in [1.165, 1.54) is 34.3 Å². The minimum absolute atomic E-state index is 0.281. The molecular weight excluding hydrogens is 578 g/mol. The third kappa shape index (κ3) is 4.23. The number of aromatic nitrogens is 3. The van der Waals surface area contributed by atoms with Crippen LogP contribution in [-0.4, -0.2) is 14.5 Å². The number of para-hydroxylation sites is 3. The van der Waals surface area contributed by atoms with Crippen LogP contribution in [0.1, 0.15) is 50.7 Å². The van der Waals surface area contributed by atoms with Crippen molar-refractivity contribution in [1.82, 2.24) is 14.5 Å². The van der Waals surface area contributed by atoms with E-state index in [1.54, 1.807) is 0 Å². The molecule has 0 N–H and O–H groups in total. The van der Waals surface area contributed by atoms with E-state index >= 15 is 0 Å². The fourth-order valence-corrected chi connectivity index (χ4v) is 7.17. The average molecular weight is 612 g/mol. The SMILES string of the molecule is CC(C)c1cc(-c2ccccc2)cc(C(C)C)c1-n1c(-c2cccc3c2oc2cc4c(ccc5ocnc54)cc23)nc2ccccc21. The summed E-state index contributed by atoms with van der Waals surface area (Å²) in [5, 5.41) is 4.24. The quantitative estimate of drug-likeness (QED) is 0.194. The van der Waals surface area contributed by atoms with Gasteiger partial charge in [0.2, 0.25) is 0 Å². The van der Waals surface area contributed by atoms with Gasteiger partial charge in [-0.25, -0.2) is 9.97 Å². The number of rotatable bonds is 5. The van der Waals surface area contributed by atoms with Gasteiger partial charge in [0.25, 0.3) is 0 Å². The highest BCUT2D eigenvalue weighted by Gasteiger charge is 2.25. The zero-order valence-corrected chi connectivity index (χ0v) is 26.8. The molecule has 47 heavy (non-hydrogen) atoms. The topological polar surface area (TPSA) is 57.0 Å². The highest BCUT2D eigenvalue weighted by atomic mass is 16.3. The molecule has 5 heteroatoms. The van der Waals surface area contributed by atoms with Gasteiger partial charge in [0.05, 0.1) is 22.3 Å². The monoisotopic (exact) mass is 611 g/mol. The van der Waals surface area contributed by atoms with Gasteiger partial charge in [0.15, 0.2) is 12.0 Å². The van der Waals surface area contributed by atoms with Crippen LogP contribution in [0.3, 0.4) is 0 Å². The zero-order valence-electron chi connectivity index (χ0n) is 26.8. The highest BCUT2D eigenvalue weighted by Crippen LogP contribution is 2.43. The minimum Gasteiger partial charge on any atom is -0.455 e. The van der Waals surface area contributed by atoms with Crippen LogP contribution < -0.4 is 0 Å². The molecular formula is C42H33N3O2. The molecule has 6 aromatic carbocycles. The van der Waals surface area contributed by atoms with Crippen molar-refractivity contribution < 1.29 is 8.83 Å². The van der Waals surface area contributed by atoms with Crippen LogP contribution in [0.2, 0.25) is 0 Å². The van der Waals surface area contributed by atoms with Crippen LogP contribution in [0.4, 0.5) is 0 Å². The number of imidazole rings is 1. The Labute approximate surface area is 272 Å². The molecule has 0 atom stereocenters. The Morgan fingerprint density at radius 2 is 1.40 bits per heavy atom. The number of oxazole rings is 1. The third-order valence-electron chi connectivity index (χ3n) is 9.48. The van der Waals surface area contributed by atoms with Gasteiger partial charge in [0, 0.05) is 16.2 Å². The summed E-state index contributed by atoms with van der Waals surface area (Å²) in [5.41, 5.74) is 12.5. The second-order valence-electron chi connectivity index (χ2n) is 13.1. The molecule has 3 aromatic heterocycles. The van der Waals surface area contributed by atoms with E-state index < -0.39 is 0 Å². The summed E-state index contributed by atoms with van der Waals surface area (Å²) in [6.07, 6.45) is 1.50. The summed E-state index contributed by atoms with van der Waals surface area (Å²) in [6.45, 7) is 9.14. The lowest BCUT2D eigenvalue weighted by atomic mass is 9.88. The lowest BCUT2D eigenvalue weighted by Gasteiger charge is -2.24. The Morgan fingerprint density at radius 1 is 0.638 bits per heavy atom. The van der Waals surface area contributed by atoms with Crippen LogP contribution in [-0.2, 0) is 0 Å². The van der Waals surface area contributed by atoms with E-state index in [4.69, 9.17) is 13.8 Å². The molecule has 0 spiro atoms. The molecule has 9 rings (SSSR count). The molecule has 0 aliphatic heterocycles. The predicted molar refractivity (Wildman–Crippen MR) is 192 cm³/mol. The van der Waals surface area contributed by atoms with Crippen LogP contribution in [0.15, 0.2) is 124 Å². The Bertz CT molecular complexity index is 2610. The second kappa shape index (κ2) is 10.4. The number of hydrogen-bond acceptors (Lipinski definition) is 4. The molecule has 0 saturated carbocycles. The normalized spacial score (nSPS) is 12.2. The van der Waals surface area contributed by atoms with Gasteiger partial charge in [-0.2, -0.15) is 0 Å². The number of nitrogens with zero attached hydrogens (tertiary/aromatic N) is 3. The lowest BCUT2D eigenvalue weighted by molar-refractivity contribution is 0.602. The van der Waals surface area contributed by atoms with Crippen molar-refractivity contribution in [2.24, 2.45) is 0 Å². The molecule has 0 amide bonds. The molecule has 0 bridgehead atoms. The van der Waals surface area contributed by atoms with Gasteiger partial charge in [0.1, 0.15) is 22.5 Å². The molecule has 0 saturated heterocycles. The van der Waals surface area contributed by atoms with Gasteiger partial charge >= 0.3 is 0 Å². The molecule has 0 radical (unpaired) electrons. The minimum atomic E-state index is 0.281. The zero-order chi connectivity index (χ0) is 31.8. The highest BCUT2D eigenvalue weighted by molar-refractivity contribution is 6.16. The van der Waals surface area contributed by atoms with E-state index in [2.05, 4.69) is 140 Å². The molecule has 0 fully saturated rings. The summed E-state index contributed by atoms with van der Waals surface area (Å²) >= 11 is 0. The van der Waals surface area contributed by atoms with E-state index in [9.17, 15) is 0 Å². The fourth-order valence-electron chi connectivity index (χ4n) is 7.17. The average Bonchev–Trinajstić information content (AvgIpc) is 3.82. The maximum absolute atomic E-state index is 6.78. The first-order chi connectivity index (χ1) is 23.0. The molecule has 5 nitrogen and oxygen atoms in total. The van der Waals surface area contributed by atoms with Gasteiger partial charge in [-0.05, 0) is 88.0 Å². The maximum Gasteiger partial charge on any atom is 0.182 e. The summed E-state index contributed by atoms with van der Waals surface area (Å²) < 4.78 is 14.8. The van der Waals surface area contributed by atoms with Gasteiger partial charge in [-0.3, -0.25) is 4.57 Å². The summed E-state index contributed by atoms with van der Waals surface area (Å²) in [4.78, 5) is 9.82. The van der Waals surface area contributed by atoms with Crippen LogP contribution in [0, 0.1) is 0 Å². The van der Waals surface area contributed by atoms with Crippen LogP contribution in [0.25, 0.3) is 83.0 Å². The Balaban J connectivity index is 1.36. The Hall–Kier alpha value is -5.68. The summed E-state index contributed by atoms with van der Waals surface area (Å²) in [7, 11) is 0. The largest absolute Gasteiger partial charge is 0.455 e. The first kappa shape index (κ1) is 27.6. The fraction of sp³-hybridized carbons (Fsp3) is 0.143. The van der Waals surface area contributed by atoms with Gasteiger partial charge < -0.3 is 8.83 Å². The van der Waals surface area contributed by atoms with Crippen LogP contribution >= 0.6 is 0 Å². The van der Waals surface area contributed by atoms with E-state index in [0.29, 0.717) is 0 Å². The third-order valence-corrected chi connectivity index (χ3v) is 9.48. The number of fused-ring (bicyclic) bond motifs is 7. The molecule has 0 aliphatic rings. The Kier molecular flexibility index (Phi) is 6.13. The lowest BCUT2D eigenvalue weighted by Crippen LogP contribution is -2.09. The van der Waals surface area contributed by atoms with Gasteiger partial charge in [-0.15, -0.1) is 0 Å². The van der Waals surface area contributed by atoms with Crippen molar-refractivity contribution >= 4 is 54.8 Å². The second-order valence-corrected chi connectivity index (χ2v) is 13.1. The summed E-state index contributed by atoms with van der Waals surface area (Å²) in [6, 6.07) is 38.6. The number of benzene rings is 6. The first-order valence-corrected chi connectivity index (χ1v) is 16.3. The smallest absolute Gasteiger partial charge is 0.182 e. The van der Waals surface area contributed by atoms with Crippen molar-refractivity contribution in [1.29, 1.82) is 0 Å². The van der Waals surface area contributed by atoms with Crippen molar-refractivity contribution in [3.05, 3.63) is 127 Å². The molecule has 9 aromatic rings. The van der Waals surface area contributed by atoms with Gasteiger partial charge in [-0.1, -0.05) is 88.4 Å². The molecule has 0 aliphatic carbocycles. The van der Waals surface area contributed by atoms with Crippen LogP contribution in [0.5, 0.6) is 0 Å². The summed E-state index contributed by atoms with van der Waals surface area (Å²) in [5.74, 6) is 1.43.